The zero-order valence-electron chi connectivity index (χ0n) is 9.91. The van der Waals surface area contributed by atoms with Crippen LogP contribution in [0, 0.1) is 0 Å². The summed E-state index contributed by atoms with van der Waals surface area (Å²) in [4.78, 5) is 25.0. The van der Waals surface area contributed by atoms with Crippen LogP contribution in [-0.2, 0) is 11.2 Å². The molecule has 1 aliphatic heterocycles. The van der Waals surface area contributed by atoms with Gasteiger partial charge in [-0.2, -0.15) is 5.10 Å². The molecule has 1 atom stereocenters. The second-order valence-electron chi connectivity index (χ2n) is 4.35. The lowest BCUT2D eigenvalue weighted by Crippen LogP contribution is -2.42. The second kappa shape index (κ2) is 4.24. The van der Waals surface area contributed by atoms with Crippen molar-refractivity contribution in [2.24, 2.45) is 0 Å². The van der Waals surface area contributed by atoms with Crippen LogP contribution in [0.1, 0.15) is 15.9 Å². The molecule has 2 heterocycles. The molecule has 0 radical (unpaired) electrons. The minimum absolute atomic E-state index is 0.328. The first-order chi connectivity index (χ1) is 9.18. The Labute approximate surface area is 108 Å². The van der Waals surface area contributed by atoms with E-state index in [4.69, 9.17) is 0 Å². The average Bonchev–Trinajstić information content (AvgIpc) is 3.05. The number of carbonyl (C=O) groups excluding carboxylic acids is 1. The maximum atomic E-state index is 12.4. The fourth-order valence-electron chi connectivity index (χ4n) is 2.34. The molecule has 6 nitrogen and oxygen atoms in total. The molecule has 2 aromatic rings. The summed E-state index contributed by atoms with van der Waals surface area (Å²) in [6, 6.07) is 6.37. The molecular formula is C13H11N3O3. The van der Waals surface area contributed by atoms with Gasteiger partial charge in [0.2, 0.25) is 0 Å². The van der Waals surface area contributed by atoms with E-state index < -0.39 is 12.0 Å². The third kappa shape index (κ3) is 1.77. The summed E-state index contributed by atoms with van der Waals surface area (Å²) in [7, 11) is 0. The molecular weight excluding hydrogens is 246 g/mol. The molecule has 0 saturated heterocycles. The molecule has 19 heavy (non-hydrogen) atoms. The Kier molecular flexibility index (Phi) is 2.56. The number of amides is 1. The van der Waals surface area contributed by atoms with Gasteiger partial charge in [-0.3, -0.25) is 14.8 Å². The first-order valence-electron chi connectivity index (χ1n) is 5.81. The molecule has 1 aromatic carbocycles. The standard InChI is InChI=1S/C13H11N3O3/c17-12(9-6-14-15-7-9)16-10-4-2-1-3-8(10)5-11(16)13(18)19/h1-4,6-7,11H,5H2,(H,14,15)(H,18,19)/t11-/m0/s1. The van der Waals surface area contributed by atoms with Crippen molar-refractivity contribution in [2.75, 3.05) is 4.90 Å². The number of hydrogen-bond acceptors (Lipinski definition) is 3. The van der Waals surface area contributed by atoms with Gasteiger partial charge in [-0.05, 0) is 11.6 Å². The molecule has 0 aliphatic carbocycles. The van der Waals surface area contributed by atoms with Crippen molar-refractivity contribution in [3.05, 3.63) is 47.8 Å². The number of para-hydroxylation sites is 1. The smallest absolute Gasteiger partial charge is 0.327 e. The number of aromatic amines is 1. The highest BCUT2D eigenvalue weighted by molar-refractivity contribution is 6.10. The van der Waals surface area contributed by atoms with Gasteiger partial charge in [-0.1, -0.05) is 18.2 Å². The van der Waals surface area contributed by atoms with Crippen molar-refractivity contribution < 1.29 is 14.7 Å². The highest BCUT2D eigenvalue weighted by Crippen LogP contribution is 2.33. The number of carbonyl (C=O) groups is 2. The first kappa shape index (κ1) is 11.5. The number of fused-ring (bicyclic) bond motifs is 1. The van der Waals surface area contributed by atoms with Gasteiger partial charge in [0.1, 0.15) is 6.04 Å². The fraction of sp³-hybridized carbons (Fsp3) is 0.154. The lowest BCUT2D eigenvalue weighted by molar-refractivity contribution is -0.138. The summed E-state index contributed by atoms with van der Waals surface area (Å²) < 4.78 is 0. The van der Waals surface area contributed by atoms with E-state index in [-0.39, 0.29) is 5.91 Å². The van der Waals surface area contributed by atoms with Crippen LogP contribution in [0.3, 0.4) is 0 Å². The molecule has 0 fully saturated rings. The van der Waals surface area contributed by atoms with Crippen LogP contribution in [-0.4, -0.2) is 33.2 Å². The number of nitrogens with zero attached hydrogens (tertiary/aromatic N) is 2. The molecule has 0 saturated carbocycles. The highest BCUT2D eigenvalue weighted by Gasteiger charge is 2.38. The number of carboxylic acids is 1. The average molecular weight is 257 g/mol. The van der Waals surface area contributed by atoms with E-state index in [0.717, 1.165) is 5.56 Å². The summed E-state index contributed by atoms with van der Waals surface area (Å²) in [5.41, 5.74) is 1.87. The van der Waals surface area contributed by atoms with Gasteiger partial charge >= 0.3 is 5.97 Å². The monoisotopic (exact) mass is 257 g/mol. The summed E-state index contributed by atoms with van der Waals surface area (Å²) in [6.45, 7) is 0. The van der Waals surface area contributed by atoms with Gasteiger partial charge < -0.3 is 5.11 Å². The number of aliphatic carboxylic acids is 1. The first-order valence-corrected chi connectivity index (χ1v) is 5.81. The number of hydrogen-bond donors (Lipinski definition) is 2. The van der Waals surface area contributed by atoms with Crippen molar-refractivity contribution in [3.63, 3.8) is 0 Å². The van der Waals surface area contributed by atoms with E-state index in [2.05, 4.69) is 10.2 Å². The maximum Gasteiger partial charge on any atom is 0.327 e. The van der Waals surface area contributed by atoms with Crippen LogP contribution < -0.4 is 4.90 Å². The molecule has 6 heteroatoms. The van der Waals surface area contributed by atoms with E-state index in [0.29, 0.717) is 17.7 Å². The fourth-order valence-corrected chi connectivity index (χ4v) is 2.34. The maximum absolute atomic E-state index is 12.4. The second-order valence-corrected chi connectivity index (χ2v) is 4.35. The minimum Gasteiger partial charge on any atom is -0.480 e. The van der Waals surface area contributed by atoms with Gasteiger partial charge in [0.15, 0.2) is 0 Å². The van der Waals surface area contributed by atoms with E-state index >= 15 is 0 Å². The van der Waals surface area contributed by atoms with E-state index in [1.807, 2.05) is 12.1 Å². The Morgan fingerprint density at radius 3 is 2.84 bits per heavy atom. The van der Waals surface area contributed by atoms with Crippen LogP contribution in [0.2, 0.25) is 0 Å². The van der Waals surface area contributed by atoms with Crippen LogP contribution >= 0.6 is 0 Å². The predicted molar refractivity (Wildman–Crippen MR) is 67.0 cm³/mol. The molecule has 0 spiro atoms. The quantitative estimate of drug-likeness (QED) is 0.842. The summed E-state index contributed by atoms with van der Waals surface area (Å²) in [5, 5.41) is 15.6. The Morgan fingerprint density at radius 2 is 2.16 bits per heavy atom. The Balaban J connectivity index is 2.05. The predicted octanol–water partition coefficient (Wildman–Crippen LogP) is 1.07. The SMILES string of the molecule is O=C(O)[C@@H]1Cc2ccccc2N1C(=O)c1cn[nH]c1. The van der Waals surface area contributed by atoms with Crippen LogP contribution in [0.5, 0.6) is 0 Å². The minimum atomic E-state index is -1.01. The number of rotatable bonds is 2. The third-order valence-corrected chi connectivity index (χ3v) is 3.23. The zero-order valence-corrected chi connectivity index (χ0v) is 9.91. The normalized spacial score (nSPS) is 17.3. The third-order valence-electron chi connectivity index (χ3n) is 3.23. The van der Waals surface area contributed by atoms with Crippen molar-refractivity contribution in [2.45, 2.75) is 12.5 Å². The van der Waals surface area contributed by atoms with Crippen molar-refractivity contribution in [1.29, 1.82) is 0 Å². The molecule has 0 bridgehead atoms. The van der Waals surface area contributed by atoms with E-state index in [1.165, 1.54) is 17.3 Å². The summed E-state index contributed by atoms with van der Waals surface area (Å²) in [5.74, 6) is -1.36. The molecule has 96 valence electrons. The van der Waals surface area contributed by atoms with E-state index in [1.54, 1.807) is 12.1 Å². The summed E-state index contributed by atoms with van der Waals surface area (Å²) >= 11 is 0. The Hall–Kier alpha value is -2.63. The number of nitrogens with one attached hydrogen (secondary N) is 1. The molecule has 1 aromatic heterocycles. The number of anilines is 1. The van der Waals surface area contributed by atoms with E-state index in [9.17, 15) is 14.7 Å². The van der Waals surface area contributed by atoms with Gasteiger partial charge in [-0.15, -0.1) is 0 Å². The van der Waals surface area contributed by atoms with Crippen LogP contribution in [0.4, 0.5) is 5.69 Å². The molecule has 0 unspecified atom stereocenters. The van der Waals surface area contributed by atoms with Gasteiger partial charge in [0, 0.05) is 18.3 Å². The highest BCUT2D eigenvalue weighted by atomic mass is 16.4. The van der Waals surface area contributed by atoms with Crippen LogP contribution in [0.25, 0.3) is 0 Å². The largest absolute Gasteiger partial charge is 0.480 e. The van der Waals surface area contributed by atoms with Gasteiger partial charge in [0.05, 0.1) is 11.8 Å². The molecule has 3 rings (SSSR count). The summed E-state index contributed by atoms with van der Waals surface area (Å²) in [6.07, 6.45) is 3.18. The van der Waals surface area contributed by atoms with Crippen molar-refractivity contribution in [1.82, 2.24) is 10.2 Å². The topological polar surface area (TPSA) is 86.3 Å². The molecule has 1 aliphatic rings. The lowest BCUT2D eigenvalue weighted by Gasteiger charge is -2.21. The number of aromatic nitrogens is 2. The molecule has 2 N–H and O–H groups in total. The Morgan fingerprint density at radius 1 is 1.37 bits per heavy atom. The van der Waals surface area contributed by atoms with Gasteiger partial charge in [0.25, 0.3) is 5.91 Å². The number of benzene rings is 1. The Bertz CT molecular complexity index is 636. The lowest BCUT2D eigenvalue weighted by atomic mass is 10.1. The number of carboxylic acid groups (broad SMARTS) is 1. The van der Waals surface area contributed by atoms with Crippen LogP contribution in [0.15, 0.2) is 36.7 Å². The number of H-pyrrole nitrogens is 1. The van der Waals surface area contributed by atoms with Crippen molar-refractivity contribution in [3.8, 4) is 0 Å². The van der Waals surface area contributed by atoms with Crippen molar-refractivity contribution >= 4 is 17.6 Å². The van der Waals surface area contributed by atoms with Gasteiger partial charge in [-0.25, -0.2) is 4.79 Å². The zero-order chi connectivity index (χ0) is 13.4. The molecule has 1 amide bonds.